The van der Waals surface area contributed by atoms with Crippen molar-refractivity contribution in [2.75, 3.05) is 0 Å². The van der Waals surface area contributed by atoms with E-state index in [4.69, 9.17) is 17.3 Å². The molecule has 2 saturated carbocycles. The van der Waals surface area contributed by atoms with E-state index in [-0.39, 0.29) is 18.0 Å². The quantitative estimate of drug-likeness (QED) is 0.885. The number of halogens is 1. The summed E-state index contributed by atoms with van der Waals surface area (Å²) in [5, 5.41) is 8.25. The van der Waals surface area contributed by atoms with Crippen molar-refractivity contribution in [1.82, 2.24) is 15.1 Å². The maximum Gasteiger partial charge on any atom is 0.254 e. The largest absolute Gasteiger partial charge is 0.349 e. The van der Waals surface area contributed by atoms with Gasteiger partial charge in [-0.25, -0.2) is 4.68 Å². The zero-order chi connectivity index (χ0) is 17.4. The summed E-state index contributed by atoms with van der Waals surface area (Å²) in [4.78, 5) is 12.7. The maximum absolute atomic E-state index is 12.7. The average Bonchev–Trinajstić information content (AvgIpc) is 3.06. The Bertz CT molecular complexity index is 743. The second-order valence-electron chi connectivity index (χ2n) is 7.33. The normalized spacial score (nSPS) is 28.6. The highest BCUT2D eigenvalue weighted by Gasteiger charge is 2.40. The Hall–Kier alpha value is -1.85. The lowest BCUT2D eigenvalue weighted by molar-refractivity contribution is 0.0756. The van der Waals surface area contributed by atoms with Crippen molar-refractivity contribution in [2.45, 2.75) is 44.2 Å². The maximum atomic E-state index is 12.7. The smallest absolute Gasteiger partial charge is 0.254 e. The van der Waals surface area contributed by atoms with Gasteiger partial charge in [0.2, 0.25) is 0 Å². The summed E-state index contributed by atoms with van der Waals surface area (Å²) < 4.78 is 1.70. The molecule has 2 bridgehead atoms. The van der Waals surface area contributed by atoms with E-state index in [2.05, 4.69) is 10.4 Å². The molecule has 0 radical (unpaired) electrons. The van der Waals surface area contributed by atoms with Gasteiger partial charge >= 0.3 is 0 Å². The van der Waals surface area contributed by atoms with E-state index < -0.39 is 0 Å². The van der Waals surface area contributed by atoms with Crippen LogP contribution in [0.2, 0.25) is 5.02 Å². The number of nitrogens with one attached hydrogen (secondary N) is 1. The monoisotopic (exact) mass is 358 g/mol. The van der Waals surface area contributed by atoms with Crippen LogP contribution in [-0.4, -0.2) is 27.8 Å². The molecule has 132 valence electrons. The van der Waals surface area contributed by atoms with Crippen LogP contribution in [0.25, 0.3) is 5.69 Å². The van der Waals surface area contributed by atoms with Crippen LogP contribution in [0.5, 0.6) is 0 Å². The van der Waals surface area contributed by atoms with Gasteiger partial charge in [-0.05, 0) is 61.8 Å². The number of rotatable bonds is 3. The molecule has 0 saturated heterocycles. The molecule has 4 rings (SSSR count). The van der Waals surface area contributed by atoms with E-state index in [9.17, 15) is 4.79 Å². The highest BCUT2D eigenvalue weighted by atomic mass is 35.5. The molecule has 0 aliphatic heterocycles. The summed E-state index contributed by atoms with van der Waals surface area (Å²) in [6, 6.07) is 7.92. The third kappa shape index (κ3) is 3.44. The number of aromatic nitrogens is 2. The molecule has 2 fully saturated rings. The van der Waals surface area contributed by atoms with Crippen LogP contribution in [0.4, 0.5) is 0 Å². The first-order chi connectivity index (χ1) is 12.1. The number of amides is 1. The molecule has 2 aliphatic rings. The third-order valence-corrected chi connectivity index (χ3v) is 5.86. The van der Waals surface area contributed by atoms with Gasteiger partial charge in [0.05, 0.1) is 17.4 Å². The molecular formula is C19H23ClN4O. The number of fused-ring (bicyclic) bond motifs is 2. The van der Waals surface area contributed by atoms with Gasteiger partial charge in [0.1, 0.15) is 0 Å². The minimum Gasteiger partial charge on any atom is -0.349 e. The molecule has 6 heteroatoms. The Morgan fingerprint density at radius 3 is 2.56 bits per heavy atom. The molecule has 25 heavy (non-hydrogen) atoms. The number of carbonyl (C=O) groups is 1. The molecule has 0 spiro atoms. The predicted molar refractivity (Wildman–Crippen MR) is 97.9 cm³/mol. The van der Waals surface area contributed by atoms with E-state index in [0.29, 0.717) is 22.4 Å². The molecule has 5 nitrogen and oxygen atoms in total. The summed E-state index contributed by atoms with van der Waals surface area (Å²) in [7, 11) is 0. The van der Waals surface area contributed by atoms with Gasteiger partial charge in [-0.3, -0.25) is 4.79 Å². The lowest BCUT2D eigenvalue weighted by Gasteiger charge is -2.45. The van der Waals surface area contributed by atoms with Gasteiger partial charge in [0, 0.05) is 23.3 Å². The number of nitrogens with two attached hydrogens (primary N) is 1. The zero-order valence-electron chi connectivity index (χ0n) is 14.1. The van der Waals surface area contributed by atoms with Crippen LogP contribution in [-0.2, 0) is 0 Å². The topological polar surface area (TPSA) is 72.9 Å². The number of benzene rings is 1. The van der Waals surface area contributed by atoms with Crippen LogP contribution in [0.1, 0.15) is 42.5 Å². The lowest BCUT2D eigenvalue weighted by atomic mass is 9.67. The summed E-state index contributed by atoms with van der Waals surface area (Å²) in [6.07, 6.45) is 9.01. The molecule has 2 unspecified atom stereocenters. The van der Waals surface area contributed by atoms with Gasteiger partial charge in [0.25, 0.3) is 5.91 Å². The lowest BCUT2D eigenvalue weighted by Crippen LogP contribution is -2.53. The second-order valence-corrected chi connectivity index (χ2v) is 7.77. The molecule has 2 atom stereocenters. The summed E-state index contributed by atoms with van der Waals surface area (Å²) in [5.41, 5.74) is 7.64. The zero-order valence-corrected chi connectivity index (χ0v) is 14.8. The fourth-order valence-corrected chi connectivity index (χ4v) is 4.56. The Kier molecular flexibility index (Phi) is 4.52. The number of hydrogen-bond donors (Lipinski definition) is 2. The molecule has 1 aromatic carbocycles. The van der Waals surface area contributed by atoms with Crippen molar-refractivity contribution >= 4 is 17.5 Å². The Balaban J connectivity index is 1.47. The van der Waals surface area contributed by atoms with Gasteiger partial charge in [-0.15, -0.1) is 0 Å². The Morgan fingerprint density at radius 2 is 1.88 bits per heavy atom. The van der Waals surface area contributed by atoms with E-state index in [1.54, 1.807) is 17.1 Å². The van der Waals surface area contributed by atoms with Crippen molar-refractivity contribution in [3.05, 3.63) is 47.2 Å². The minimum atomic E-state index is -0.0439. The summed E-state index contributed by atoms with van der Waals surface area (Å²) in [6.45, 7) is 0. The van der Waals surface area contributed by atoms with Gasteiger partial charge in [0.15, 0.2) is 0 Å². The van der Waals surface area contributed by atoms with Crippen LogP contribution < -0.4 is 11.1 Å². The minimum absolute atomic E-state index is 0.0439. The van der Waals surface area contributed by atoms with Crippen LogP contribution >= 0.6 is 11.6 Å². The van der Waals surface area contributed by atoms with E-state index in [1.807, 2.05) is 24.3 Å². The van der Waals surface area contributed by atoms with Crippen molar-refractivity contribution in [3.8, 4) is 5.69 Å². The molecule has 3 N–H and O–H groups in total. The molecule has 2 aromatic rings. The van der Waals surface area contributed by atoms with Crippen molar-refractivity contribution in [2.24, 2.45) is 17.6 Å². The van der Waals surface area contributed by atoms with Crippen LogP contribution in [0.3, 0.4) is 0 Å². The molecule has 1 amide bonds. The first kappa shape index (κ1) is 16.6. The van der Waals surface area contributed by atoms with Crippen molar-refractivity contribution in [3.63, 3.8) is 0 Å². The average molecular weight is 359 g/mol. The van der Waals surface area contributed by atoms with Gasteiger partial charge < -0.3 is 11.1 Å². The fraction of sp³-hybridized carbons (Fsp3) is 0.474. The van der Waals surface area contributed by atoms with Crippen molar-refractivity contribution in [1.29, 1.82) is 0 Å². The first-order valence-corrected chi connectivity index (χ1v) is 9.35. The van der Waals surface area contributed by atoms with Gasteiger partial charge in [-0.2, -0.15) is 5.10 Å². The number of nitrogens with zero attached hydrogens (tertiary/aromatic N) is 2. The number of hydrogen-bond acceptors (Lipinski definition) is 3. The molecule has 1 aromatic heterocycles. The fourth-order valence-electron chi connectivity index (χ4n) is 4.43. The second kappa shape index (κ2) is 6.81. The summed E-state index contributed by atoms with van der Waals surface area (Å²) >= 11 is 5.92. The van der Waals surface area contributed by atoms with E-state index in [0.717, 1.165) is 18.5 Å². The molecule has 1 heterocycles. The van der Waals surface area contributed by atoms with Gasteiger partial charge in [-0.1, -0.05) is 18.0 Å². The van der Waals surface area contributed by atoms with E-state index in [1.165, 1.54) is 19.3 Å². The SMILES string of the molecule is NC1CC2CCCC(C1)C2NC(=O)c1cnn(-c2ccc(Cl)cc2)c1. The Labute approximate surface area is 152 Å². The van der Waals surface area contributed by atoms with Crippen molar-refractivity contribution < 1.29 is 4.79 Å². The molecule has 2 aliphatic carbocycles. The Morgan fingerprint density at radius 1 is 1.20 bits per heavy atom. The standard InChI is InChI=1S/C19H23ClN4O/c20-15-4-6-17(7-5-15)24-11-14(10-22-24)19(25)23-18-12-2-1-3-13(18)9-16(21)8-12/h4-7,10-13,16,18H,1-3,8-9,21H2,(H,23,25). The third-order valence-electron chi connectivity index (χ3n) is 5.61. The highest BCUT2D eigenvalue weighted by Crippen LogP contribution is 2.39. The van der Waals surface area contributed by atoms with Crippen LogP contribution in [0, 0.1) is 11.8 Å². The van der Waals surface area contributed by atoms with E-state index >= 15 is 0 Å². The number of carbonyl (C=O) groups excluding carboxylic acids is 1. The molecular weight excluding hydrogens is 336 g/mol. The predicted octanol–water partition coefficient (Wildman–Crippen LogP) is 3.16. The highest BCUT2D eigenvalue weighted by molar-refractivity contribution is 6.30. The first-order valence-electron chi connectivity index (χ1n) is 8.97. The van der Waals surface area contributed by atoms with Crippen LogP contribution in [0.15, 0.2) is 36.7 Å². The summed E-state index contributed by atoms with van der Waals surface area (Å²) in [5.74, 6) is 0.980.